The van der Waals surface area contributed by atoms with Gasteiger partial charge in [0.15, 0.2) is 0 Å². The van der Waals surface area contributed by atoms with Crippen LogP contribution >= 0.6 is 33.2 Å². The molecule has 0 bridgehead atoms. The summed E-state index contributed by atoms with van der Waals surface area (Å²) in [4.78, 5) is 14.0. The van der Waals surface area contributed by atoms with Crippen LogP contribution in [0.1, 0.15) is 84.0 Å². The predicted octanol–water partition coefficient (Wildman–Crippen LogP) is 6.59. The van der Waals surface area contributed by atoms with Crippen molar-refractivity contribution in [2.75, 3.05) is 0 Å². The fraction of sp³-hybridized carbons (Fsp3) is 0.933. The van der Waals surface area contributed by atoms with E-state index in [0.717, 1.165) is 12.8 Å². The highest BCUT2D eigenvalue weighted by Crippen LogP contribution is 2.29. The van der Waals surface area contributed by atoms with Crippen molar-refractivity contribution in [1.82, 2.24) is 0 Å². The Balaban J connectivity index is 3.44. The monoisotopic (exact) mass is 371 g/mol. The van der Waals surface area contributed by atoms with Crippen molar-refractivity contribution in [3.63, 3.8) is 0 Å². The third kappa shape index (κ3) is 13.8. The van der Waals surface area contributed by atoms with Crippen molar-refractivity contribution < 1.29 is 4.79 Å². The molecule has 0 N–H and O–H groups in total. The van der Waals surface area contributed by atoms with Crippen molar-refractivity contribution in [3.05, 3.63) is 0 Å². The quantitative estimate of drug-likeness (QED) is 0.111. The van der Waals surface area contributed by atoms with Gasteiger partial charge in [0.2, 0.25) is 6.08 Å². The molecule has 0 spiro atoms. The fourth-order valence-corrected chi connectivity index (χ4v) is 4.52. The molecule has 0 amide bonds. The number of hydrogen-bond acceptors (Lipinski definition) is 2. The van der Waals surface area contributed by atoms with E-state index in [-0.39, 0.29) is 0 Å². The van der Waals surface area contributed by atoms with Crippen LogP contribution in [-0.4, -0.2) is 17.7 Å². The van der Waals surface area contributed by atoms with Crippen LogP contribution in [0.2, 0.25) is 0 Å². The highest BCUT2D eigenvalue weighted by Gasteiger charge is 2.36. The maximum Gasteiger partial charge on any atom is 0.365 e. The first-order valence-electron chi connectivity index (χ1n) is 8.16. The van der Waals surface area contributed by atoms with E-state index in [4.69, 9.17) is 33.2 Å². The zero-order valence-corrected chi connectivity index (χ0v) is 16.3. The van der Waals surface area contributed by atoms with E-state index in [1.807, 2.05) is 0 Å². The number of halogens is 3. The molecule has 0 aromatic rings. The summed E-state index contributed by atoms with van der Waals surface area (Å²) in [6.07, 6.45) is 16.3. The number of unbranched alkanes of at least 4 members (excludes halogenated alkanes) is 10. The summed E-state index contributed by atoms with van der Waals surface area (Å²) < 4.78 is 0. The molecular formula is C15H28Cl3NOSi. The lowest BCUT2D eigenvalue weighted by Gasteiger charge is -2.15. The van der Waals surface area contributed by atoms with E-state index in [2.05, 4.69) is 11.9 Å². The minimum Gasteiger partial charge on any atom is -0.211 e. The minimum atomic E-state index is -2.92. The average molecular weight is 373 g/mol. The van der Waals surface area contributed by atoms with E-state index in [9.17, 15) is 4.79 Å². The van der Waals surface area contributed by atoms with E-state index in [1.165, 1.54) is 63.9 Å². The Bertz CT molecular complexity index is 291. The SMILES string of the molecule is CCCCCCCCCCCCCC(N=C=O)[Si](Cl)(Cl)Cl. The van der Waals surface area contributed by atoms with Crippen molar-refractivity contribution in [1.29, 1.82) is 0 Å². The molecule has 0 rings (SSSR count). The van der Waals surface area contributed by atoms with E-state index in [0.29, 0.717) is 6.42 Å². The summed E-state index contributed by atoms with van der Waals surface area (Å²) in [5, 5.41) is 0. The molecule has 124 valence electrons. The van der Waals surface area contributed by atoms with Gasteiger partial charge in [-0.3, -0.25) is 0 Å². The van der Waals surface area contributed by atoms with Crippen LogP contribution in [0.25, 0.3) is 0 Å². The molecule has 0 saturated heterocycles. The first-order chi connectivity index (χ1) is 10.0. The van der Waals surface area contributed by atoms with Gasteiger partial charge in [0.1, 0.15) is 0 Å². The van der Waals surface area contributed by atoms with Crippen LogP contribution in [0.4, 0.5) is 0 Å². The van der Waals surface area contributed by atoms with E-state index in [1.54, 1.807) is 0 Å². The number of isocyanates is 1. The molecule has 1 unspecified atom stereocenters. The standard InChI is InChI=1S/C15H28Cl3NOSi/c1-2-3-4-5-6-7-8-9-10-11-12-13-15(19-14-20)21(16,17)18/h15H,2-13H2,1H3. The molecule has 0 radical (unpaired) electrons. The summed E-state index contributed by atoms with van der Waals surface area (Å²) in [5.74, 6) is 0. The van der Waals surface area contributed by atoms with Gasteiger partial charge in [0.05, 0.1) is 5.67 Å². The summed E-state index contributed by atoms with van der Waals surface area (Å²) in [6, 6.07) is -2.92. The van der Waals surface area contributed by atoms with Gasteiger partial charge in [-0.25, -0.2) is 9.79 Å². The lowest BCUT2D eigenvalue weighted by atomic mass is 10.1. The lowest BCUT2D eigenvalue weighted by Crippen LogP contribution is -2.29. The maximum atomic E-state index is 10.3. The molecule has 0 aromatic carbocycles. The normalized spacial score (nSPS) is 13.0. The Labute approximate surface area is 144 Å². The Kier molecular flexibility index (Phi) is 14.4. The Morgan fingerprint density at radius 2 is 1.29 bits per heavy atom. The average Bonchev–Trinajstić information content (AvgIpc) is 2.42. The van der Waals surface area contributed by atoms with Crippen molar-refractivity contribution in [2.24, 2.45) is 4.99 Å². The Morgan fingerprint density at radius 1 is 0.857 bits per heavy atom. The molecule has 21 heavy (non-hydrogen) atoms. The fourth-order valence-electron chi connectivity index (χ4n) is 2.37. The van der Waals surface area contributed by atoms with Crippen LogP contribution in [0.15, 0.2) is 4.99 Å². The number of carbonyl (C=O) groups excluding carboxylic acids is 1. The summed E-state index contributed by atoms with van der Waals surface area (Å²) in [6.45, 7) is 2.25. The number of hydrogen-bond donors (Lipinski definition) is 0. The molecule has 0 aliphatic heterocycles. The largest absolute Gasteiger partial charge is 0.365 e. The highest BCUT2D eigenvalue weighted by atomic mass is 35.8. The Hall–Kier alpha value is 0.467. The molecule has 0 aliphatic rings. The van der Waals surface area contributed by atoms with Gasteiger partial charge in [-0.2, -0.15) is 0 Å². The second-order valence-electron chi connectivity index (χ2n) is 5.60. The molecule has 1 atom stereocenters. The molecule has 0 heterocycles. The molecule has 0 aromatic heterocycles. The van der Waals surface area contributed by atoms with Gasteiger partial charge in [0, 0.05) is 0 Å². The topological polar surface area (TPSA) is 29.4 Å². The van der Waals surface area contributed by atoms with Crippen LogP contribution in [-0.2, 0) is 4.79 Å². The molecular weight excluding hydrogens is 345 g/mol. The molecule has 2 nitrogen and oxygen atoms in total. The first kappa shape index (κ1) is 21.5. The predicted molar refractivity (Wildman–Crippen MR) is 96.3 cm³/mol. The minimum absolute atomic E-state index is 0.432. The molecule has 0 saturated carbocycles. The third-order valence-electron chi connectivity index (χ3n) is 3.67. The number of rotatable bonds is 14. The first-order valence-corrected chi connectivity index (χ1v) is 13.3. The lowest BCUT2D eigenvalue weighted by molar-refractivity contribution is 0.538. The third-order valence-corrected chi connectivity index (χ3v) is 7.11. The van der Waals surface area contributed by atoms with Gasteiger partial charge < -0.3 is 0 Å². The zero-order chi connectivity index (χ0) is 16.0. The van der Waals surface area contributed by atoms with E-state index >= 15 is 0 Å². The highest BCUT2D eigenvalue weighted by molar-refractivity contribution is 7.65. The van der Waals surface area contributed by atoms with Gasteiger partial charge >= 0.3 is 6.00 Å². The summed E-state index contributed by atoms with van der Waals surface area (Å²) >= 11 is 17.7. The van der Waals surface area contributed by atoms with Crippen LogP contribution in [0.3, 0.4) is 0 Å². The summed E-state index contributed by atoms with van der Waals surface area (Å²) in [7, 11) is 0. The second-order valence-corrected chi connectivity index (χ2v) is 14.5. The Morgan fingerprint density at radius 3 is 1.67 bits per heavy atom. The van der Waals surface area contributed by atoms with E-state index < -0.39 is 11.7 Å². The maximum absolute atomic E-state index is 10.3. The smallest absolute Gasteiger partial charge is 0.211 e. The van der Waals surface area contributed by atoms with Crippen LogP contribution < -0.4 is 0 Å². The van der Waals surface area contributed by atoms with Gasteiger partial charge in [0.25, 0.3) is 0 Å². The van der Waals surface area contributed by atoms with Crippen LogP contribution in [0.5, 0.6) is 0 Å². The molecule has 0 fully saturated rings. The zero-order valence-electron chi connectivity index (χ0n) is 13.1. The van der Waals surface area contributed by atoms with Gasteiger partial charge in [-0.15, -0.1) is 33.2 Å². The van der Waals surface area contributed by atoms with Crippen molar-refractivity contribution in [2.45, 2.75) is 89.6 Å². The number of nitrogens with zero attached hydrogens (tertiary/aromatic N) is 1. The van der Waals surface area contributed by atoms with Gasteiger partial charge in [-0.1, -0.05) is 77.6 Å². The summed E-state index contributed by atoms with van der Waals surface area (Å²) in [5.41, 5.74) is -0.432. The van der Waals surface area contributed by atoms with Gasteiger partial charge in [-0.05, 0) is 6.42 Å². The van der Waals surface area contributed by atoms with Crippen molar-refractivity contribution in [3.8, 4) is 0 Å². The molecule has 0 aliphatic carbocycles. The molecule has 6 heteroatoms. The number of aliphatic imine (C=N–C) groups is 1. The second kappa shape index (κ2) is 14.1. The van der Waals surface area contributed by atoms with Crippen molar-refractivity contribution >= 4 is 45.3 Å². The van der Waals surface area contributed by atoms with Crippen LogP contribution in [0, 0.1) is 0 Å².